The maximum absolute atomic E-state index is 5.22. The van der Waals surface area contributed by atoms with Crippen molar-refractivity contribution < 1.29 is 4.74 Å². The maximum Gasteiger partial charge on any atom is 0.232 e. The minimum absolute atomic E-state index is 0.503. The smallest absolute Gasteiger partial charge is 0.232 e. The summed E-state index contributed by atoms with van der Waals surface area (Å²) in [5, 5.41) is 0. The lowest BCUT2D eigenvalue weighted by Crippen LogP contribution is -2.33. The molecule has 94 valence electrons. The normalized spacial score (nSPS) is 21.1. The Hall–Kier alpha value is -0.840. The molecule has 2 heterocycles. The number of hydrogen-bond donors (Lipinski definition) is 0. The molecule has 1 atom stereocenters. The van der Waals surface area contributed by atoms with Crippen molar-refractivity contribution in [3.05, 3.63) is 10.7 Å². The third kappa shape index (κ3) is 2.89. The van der Waals surface area contributed by atoms with Gasteiger partial charge in [0, 0.05) is 12.6 Å². The molecule has 1 aromatic heterocycles. The molecular formula is C12H18BrN3O. The fourth-order valence-corrected chi connectivity index (χ4v) is 2.55. The molecule has 4 nitrogen and oxygen atoms in total. The van der Waals surface area contributed by atoms with Gasteiger partial charge in [-0.3, -0.25) is 0 Å². The zero-order valence-corrected chi connectivity index (χ0v) is 11.9. The maximum atomic E-state index is 5.22. The van der Waals surface area contributed by atoms with Crippen LogP contribution in [0.5, 0.6) is 5.88 Å². The standard InChI is InChI=1S/C12H18BrN3O/c1-9-6-4-3-5-7-16(9)12-14-8-10(13)11(15-12)17-2/h8-9H,3-7H2,1-2H3. The fraction of sp³-hybridized carbons (Fsp3) is 0.667. The Kier molecular flexibility index (Phi) is 4.20. The van der Waals surface area contributed by atoms with E-state index in [0.717, 1.165) is 17.0 Å². The molecule has 1 aliphatic heterocycles. The van der Waals surface area contributed by atoms with Gasteiger partial charge >= 0.3 is 0 Å². The van der Waals surface area contributed by atoms with Crippen molar-refractivity contribution >= 4 is 21.9 Å². The largest absolute Gasteiger partial charge is 0.480 e. The molecule has 0 bridgehead atoms. The number of aromatic nitrogens is 2. The highest BCUT2D eigenvalue weighted by molar-refractivity contribution is 9.10. The summed E-state index contributed by atoms with van der Waals surface area (Å²) in [5.74, 6) is 1.38. The van der Waals surface area contributed by atoms with Gasteiger partial charge in [0.25, 0.3) is 0 Å². The Labute approximate surface area is 111 Å². The van der Waals surface area contributed by atoms with Crippen LogP contribution >= 0.6 is 15.9 Å². The van der Waals surface area contributed by atoms with Crippen LogP contribution in [0.1, 0.15) is 32.6 Å². The van der Waals surface area contributed by atoms with E-state index in [1.807, 2.05) is 0 Å². The summed E-state index contributed by atoms with van der Waals surface area (Å²) in [6.45, 7) is 3.27. The molecule has 17 heavy (non-hydrogen) atoms. The SMILES string of the molecule is COc1nc(N2CCCCCC2C)ncc1Br. The van der Waals surface area contributed by atoms with Crippen molar-refractivity contribution in [1.29, 1.82) is 0 Å². The Morgan fingerprint density at radius 3 is 3.00 bits per heavy atom. The van der Waals surface area contributed by atoms with Crippen LogP contribution in [0.25, 0.3) is 0 Å². The van der Waals surface area contributed by atoms with Crippen LogP contribution in [-0.4, -0.2) is 29.7 Å². The summed E-state index contributed by atoms with van der Waals surface area (Å²) in [4.78, 5) is 11.1. The molecule has 1 fully saturated rings. The monoisotopic (exact) mass is 299 g/mol. The Morgan fingerprint density at radius 2 is 2.24 bits per heavy atom. The van der Waals surface area contributed by atoms with Crippen LogP contribution in [0.2, 0.25) is 0 Å². The predicted octanol–water partition coefficient (Wildman–Crippen LogP) is 3.02. The first-order valence-electron chi connectivity index (χ1n) is 6.05. The van der Waals surface area contributed by atoms with Crippen LogP contribution in [0.3, 0.4) is 0 Å². The lowest BCUT2D eigenvalue weighted by molar-refractivity contribution is 0.393. The third-order valence-electron chi connectivity index (χ3n) is 3.20. The zero-order valence-electron chi connectivity index (χ0n) is 10.3. The highest BCUT2D eigenvalue weighted by Gasteiger charge is 2.20. The second-order valence-electron chi connectivity index (χ2n) is 4.42. The molecule has 1 unspecified atom stereocenters. The summed E-state index contributed by atoms with van der Waals surface area (Å²) in [5.41, 5.74) is 0. The number of methoxy groups -OCH3 is 1. The van der Waals surface area contributed by atoms with Crippen molar-refractivity contribution in [3.8, 4) is 5.88 Å². The number of hydrogen-bond acceptors (Lipinski definition) is 4. The second-order valence-corrected chi connectivity index (χ2v) is 5.27. The molecule has 2 rings (SSSR count). The zero-order chi connectivity index (χ0) is 12.3. The first-order chi connectivity index (χ1) is 8.22. The van der Waals surface area contributed by atoms with Gasteiger partial charge in [-0.2, -0.15) is 4.98 Å². The van der Waals surface area contributed by atoms with Crippen molar-refractivity contribution in [2.75, 3.05) is 18.6 Å². The van der Waals surface area contributed by atoms with E-state index in [9.17, 15) is 0 Å². The van der Waals surface area contributed by atoms with E-state index in [1.54, 1.807) is 13.3 Å². The van der Waals surface area contributed by atoms with E-state index in [4.69, 9.17) is 4.74 Å². The Balaban J connectivity index is 2.25. The van der Waals surface area contributed by atoms with Gasteiger partial charge in [0.15, 0.2) is 0 Å². The van der Waals surface area contributed by atoms with Crippen molar-refractivity contribution in [3.63, 3.8) is 0 Å². The minimum Gasteiger partial charge on any atom is -0.480 e. The molecule has 0 aromatic carbocycles. The molecule has 1 aliphatic rings. The molecule has 0 spiro atoms. The minimum atomic E-state index is 0.503. The van der Waals surface area contributed by atoms with Crippen LogP contribution in [-0.2, 0) is 0 Å². The number of nitrogens with zero attached hydrogens (tertiary/aromatic N) is 3. The van der Waals surface area contributed by atoms with Gasteiger partial charge in [-0.1, -0.05) is 12.8 Å². The average Bonchev–Trinajstić information content (AvgIpc) is 2.55. The van der Waals surface area contributed by atoms with Crippen molar-refractivity contribution in [2.45, 2.75) is 38.6 Å². The summed E-state index contributed by atoms with van der Waals surface area (Å²) < 4.78 is 6.02. The highest BCUT2D eigenvalue weighted by atomic mass is 79.9. The quantitative estimate of drug-likeness (QED) is 0.841. The lowest BCUT2D eigenvalue weighted by atomic mass is 10.1. The Morgan fingerprint density at radius 1 is 1.41 bits per heavy atom. The molecule has 5 heteroatoms. The molecule has 0 amide bonds. The molecule has 0 aliphatic carbocycles. The van der Waals surface area contributed by atoms with Gasteiger partial charge in [0.1, 0.15) is 0 Å². The van der Waals surface area contributed by atoms with Crippen LogP contribution in [0.15, 0.2) is 10.7 Å². The van der Waals surface area contributed by atoms with E-state index in [0.29, 0.717) is 11.9 Å². The number of anilines is 1. The summed E-state index contributed by atoms with van der Waals surface area (Å²) >= 11 is 3.38. The van der Waals surface area contributed by atoms with E-state index < -0.39 is 0 Å². The van der Waals surface area contributed by atoms with Gasteiger partial charge in [-0.15, -0.1) is 0 Å². The first-order valence-corrected chi connectivity index (χ1v) is 6.85. The Bertz CT molecular complexity index is 386. The van der Waals surface area contributed by atoms with E-state index in [1.165, 1.54) is 25.7 Å². The molecular weight excluding hydrogens is 282 g/mol. The molecule has 1 saturated heterocycles. The summed E-state index contributed by atoms with van der Waals surface area (Å²) in [6, 6.07) is 0.503. The van der Waals surface area contributed by atoms with E-state index in [2.05, 4.69) is 37.7 Å². The van der Waals surface area contributed by atoms with Crippen LogP contribution in [0.4, 0.5) is 5.95 Å². The topological polar surface area (TPSA) is 38.2 Å². The van der Waals surface area contributed by atoms with Crippen LogP contribution in [0, 0.1) is 0 Å². The van der Waals surface area contributed by atoms with Gasteiger partial charge in [-0.25, -0.2) is 4.98 Å². The summed E-state index contributed by atoms with van der Waals surface area (Å²) in [6.07, 6.45) is 6.78. The van der Waals surface area contributed by atoms with E-state index >= 15 is 0 Å². The third-order valence-corrected chi connectivity index (χ3v) is 3.75. The van der Waals surface area contributed by atoms with E-state index in [-0.39, 0.29) is 0 Å². The predicted molar refractivity (Wildman–Crippen MR) is 71.6 cm³/mol. The molecule has 0 N–H and O–H groups in total. The van der Waals surface area contributed by atoms with Gasteiger partial charge in [0.2, 0.25) is 11.8 Å². The number of halogens is 1. The number of rotatable bonds is 2. The summed E-state index contributed by atoms with van der Waals surface area (Å²) in [7, 11) is 1.63. The van der Waals surface area contributed by atoms with Gasteiger partial charge < -0.3 is 9.64 Å². The molecule has 1 aromatic rings. The average molecular weight is 300 g/mol. The molecule has 0 saturated carbocycles. The lowest BCUT2D eigenvalue weighted by Gasteiger charge is -2.27. The molecule has 0 radical (unpaired) electrons. The highest BCUT2D eigenvalue weighted by Crippen LogP contribution is 2.26. The van der Waals surface area contributed by atoms with Crippen molar-refractivity contribution in [2.24, 2.45) is 0 Å². The van der Waals surface area contributed by atoms with Crippen LogP contribution < -0.4 is 9.64 Å². The van der Waals surface area contributed by atoms with Gasteiger partial charge in [-0.05, 0) is 35.7 Å². The first kappa shape index (κ1) is 12.6. The van der Waals surface area contributed by atoms with Crippen molar-refractivity contribution in [1.82, 2.24) is 9.97 Å². The fourth-order valence-electron chi connectivity index (χ4n) is 2.20. The number of ether oxygens (including phenoxy) is 1. The van der Waals surface area contributed by atoms with Gasteiger partial charge in [0.05, 0.1) is 17.8 Å². The second kappa shape index (κ2) is 5.67.